The van der Waals surface area contributed by atoms with Crippen LogP contribution in [0.4, 0.5) is 0 Å². The highest BCUT2D eigenvalue weighted by molar-refractivity contribution is 5.79. The summed E-state index contributed by atoms with van der Waals surface area (Å²) in [6.45, 7) is 10.0. The molecule has 0 amide bonds. The number of nitrogens with one attached hydrogen (secondary N) is 1. The van der Waals surface area contributed by atoms with Gasteiger partial charge in [-0.3, -0.25) is 4.99 Å². The molecule has 0 aromatic carbocycles. The van der Waals surface area contributed by atoms with Crippen LogP contribution in [0.15, 0.2) is 4.99 Å². The Bertz CT molecular complexity index is 297. The Labute approximate surface area is 123 Å². The zero-order valence-electron chi connectivity index (χ0n) is 13.5. The highest BCUT2D eigenvalue weighted by Gasteiger charge is 2.23. The molecule has 1 unspecified atom stereocenters. The molecule has 2 N–H and O–H groups in total. The zero-order chi connectivity index (χ0) is 15.0. The van der Waals surface area contributed by atoms with E-state index in [1.165, 1.54) is 0 Å². The van der Waals surface area contributed by atoms with Crippen molar-refractivity contribution in [3.8, 4) is 0 Å². The molecule has 0 bridgehead atoms. The highest BCUT2D eigenvalue weighted by Crippen LogP contribution is 2.16. The Morgan fingerprint density at radius 1 is 1.40 bits per heavy atom. The van der Waals surface area contributed by atoms with Crippen molar-refractivity contribution < 1.29 is 9.84 Å². The molecular formula is C15H31N3O2. The van der Waals surface area contributed by atoms with Gasteiger partial charge in [0.05, 0.1) is 18.8 Å². The van der Waals surface area contributed by atoms with Crippen LogP contribution in [0.1, 0.15) is 40.0 Å². The molecule has 0 aliphatic carbocycles. The van der Waals surface area contributed by atoms with Gasteiger partial charge in [-0.15, -0.1) is 0 Å². The quantitative estimate of drug-likeness (QED) is 0.549. The predicted octanol–water partition coefficient (Wildman–Crippen LogP) is 1.47. The van der Waals surface area contributed by atoms with Gasteiger partial charge in [0.25, 0.3) is 0 Å². The van der Waals surface area contributed by atoms with Crippen LogP contribution in [0, 0.1) is 5.92 Å². The van der Waals surface area contributed by atoms with Gasteiger partial charge < -0.3 is 20.1 Å². The summed E-state index contributed by atoms with van der Waals surface area (Å²) in [5.74, 6) is 1.46. The van der Waals surface area contributed by atoms with Crippen LogP contribution in [0.3, 0.4) is 0 Å². The van der Waals surface area contributed by atoms with Gasteiger partial charge in [-0.25, -0.2) is 0 Å². The number of ether oxygens (including phenoxy) is 1. The topological polar surface area (TPSA) is 57.1 Å². The van der Waals surface area contributed by atoms with Gasteiger partial charge in [0.15, 0.2) is 5.96 Å². The molecule has 0 radical (unpaired) electrons. The Balaban J connectivity index is 2.60. The number of guanidine groups is 1. The number of nitrogens with zero attached hydrogens (tertiary/aromatic N) is 2. The lowest BCUT2D eigenvalue weighted by molar-refractivity contribution is 0.0416. The molecule has 118 valence electrons. The summed E-state index contributed by atoms with van der Waals surface area (Å²) in [6.07, 6.45) is 2.58. The molecule has 1 atom stereocenters. The number of hydrogen-bond donors (Lipinski definition) is 2. The average molecular weight is 285 g/mol. The van der Waals surface area contributed by atoms with Gasteiger partial charge in [-0.1, -0.05) is 13.8 Å². The van der Waals surface area contributed by atoms with Crippen LogP contribution in [0.5, 0.6) is 0 Å². The number of rotatable bonds is 7. The lowest BCUT2D eigenvalue weighted by Crippen LogP contribution is -2.43. The van der Waals surface area contributed by atoms with Crippen LogP contribution in [0.25, 0.3) is 0 Å². The minimum atomic E-state index is -0.683. The molecule has 0 spiro atoms. The van der Waals surface area contributed by atoms with Crippen LogP contribution < -0.4 is 5.32 Å². The molecule has 0 saturated carbocycles. The second kappa shape index (κ2) is 8.47. The molecule has 0 aromatic rings. The van der Waals surface area contributed by atoms with Crippen LogP contribution in [-0.4, -0.2) is 61.5 Å². The monoisotopic (exact) mass is 285 g/mol. The third kappa shape index (κ3) is 5.29. The second-order valence-corrected chi connectivity index (χ2v) is 5.71. The van der Waals surface area contributed by atoms with Crippen molar-refractivity contribution in [3.05, 3.63) is 0 Å². The maximum Gasteiger partial charge on any atom is 0.193 e. The first-order valence-corrected chi connectivity index (χ1v) is 7.84. The SMILES string of the molecule is CCNC(=NCC(O)(CC)CC)N(C)CC1CCOC1. The first-order valence-electron chi connectivity index (χ1n) is 7.84. The second-order valence-electron chi connectivity index (χ2n) is 5.71. The standard InChI is InChI=1S/C15H31N3O2/c1-5-15(19,6-2)12-17-14(16-7-3)18(4)10-13-8-9-20-11-13/h13,19H,5-12H2,1-4H3,(H,16,17). The smallest absolute Gasteiger partial charge is 0.193 e. The molecule has 1 heterocycles. The maximum atomic E-state index is 10.3. The molecule has 20 heavy (non-hydrogen) atoms. The van der Waals surface area contributed by atoms with E-state index >= 15 is 0 Å². The van der Waals surface area contributed by atoms with E-state index in [1.807, 2.05) is 13.8 Å². The zero-order valence-corrected chi connectivity index (χ0v) is 13.5. The molecule has 1 aliphatic rings. The van der Waals surface area contributed by atoms with Crippen molar-refractivity contribution in [2.24, 2.45) is 10.9 Å². The molecule has 1 fully saturated rings. The fourth-order valence-electron chi connectivity index (χ4n) is 2.37. The van der Waals surface area contributed by atoms with Crippen molar-refractivity contribution in [2.75, 3.05) is 39.9 Å². The maximum absolute atomic E-state index is 10.3. The van der Waals surface area contributed by atoms with Crippen molar-refractivity contribution in [1.82, 2.24) is 10.2 Å². The summed E-state index contributed by atoms with van der Waals surface area (Å²) in [7, 11) is 2.05. The highest BCUT2D eigenvalue weighted by atomic mass is 16.5. The van der Waals surface area contributed by atoms with Gasteiger partial charge in [0.2, 0.25) is 0 Å². The Kier molecular flexibility index (Phi) is 7.30. The van der Waals surface area contributed by atoms with E-state index in [0.29, 0.717) is 12.5 Å². The summed E-state index contributed by atoms with van der Waals surface area (Å²) < 4.78 is 5.42. The van der Waals surface area contributed by atoms with Gasteiger partial charge in [0.1, 0.15) is 0 Å². The molecule has 5 heteroatoms. The fraction of sp³-hybridized carbons (Fsp3) is 0.933. The summed E-state index contributed by atoms with van der Waals surface area (Å²) in [6, 6.07) is 0. The van der Waals surface area contributed by atoms with Crippen molar-refractivity contribution in [3.63, 3.8) is 0 Å². The average Bonchev–Trinajstić information content (AvgIpc) is 2.95. The van der Waals surface area contributed by atoms with Gasteiger partial charge >= 0.3 is 0 Å². The van der Waals surface area contributed by atoms with E-state index in [4.69, 9.17) is 4.74 Å². The van der Waals surface area contributed by atoms with Gasteiger partial charge in [-0.05, 0) is 26.2 Å². The lowest BCUT2D eigenvalue weighted by atomic mass is 9.98. The number of aliphatic hydroxyl groups is 1. The molecule has 1 aliphatic heterocycles. The Morgan fingerprint density at radius 2 is 2.10 bits per heavy atom. The van der Waals surface area contributed by atoms with Gasteiger partial charge in [-0.2, -0.15) is 0 Å². The van der Waals surface area contributed by atoms with Crippen LogP contribution in [-0.2, 0) is 4.74 Å². The summed E-state index contributed by atoms with van der Waals surface area (Å²) >= 11 is 0. The van der Waals surface area contributed by atoms with E-state index < -0.39 is 5.60 Å². The van der Waals surface area contributed by atoms with Crippen molar-refractivity contribution >= 4 is 5.96 Å². The summed E-state index contributed by atoms with van der Waals surface area (Å²) in [4.78, 5) is 6.76. The summed E-state index contributed by atoms with van der Waals surface area (Å²) in [5.41, 5.74) is -0.683. The predicted molar refractivity (Wildman–Crippen MR) is 83.1 cm³/mol. The largest absolute Gasteiger partial charge is 0.388 e. The van der Waals surface area contributed by atoms with E-state index in [9.17, 15) is 5.11 Å². The summed E-state index contributed by atoms with van der Waals surface area (Å²) in [5, 5.41) is 13.6. The minimum absolute atomic E-state index is 0.452. The normalized spacial score (nSPS) is 20.2. The molecule has 5 nitrogen and oxygen atoms in total. The van der Waals surface area contributed by atoms with Crippen LogP contribution >= 0.6 is 0 Å². The molecule has 1 rings (SSSR count). The first kappa shape index (κ1) is 17.2. The van der Waals surface area contributed by atoms with Crippen molar-refractivity contribution in [2.45, 2.75) is 45.6 Å². The third-order valence-electron chi connectivity index (χ3n) is 4.09. The lowest BCUT2D eigenvalue weighted by Gasteiger charge is -2.27. The number of aliphatic imine (C=N–C) groups is 1. The Morgan fingerprint density at radius 3 is 2.60 bits per heavy atom. The van der Waals surface area contributed by atoms with E-state index in [2.05, 4.69) is 29.2 Å². The third-order valence-corrected chi connectivity index (χ3v) is 4.09. The van der Waals surface area contributed by atoms with Crippen LogP contribution in [0.2, 0.25) is 0 Å². The fourth-order valence-corrected chi connectivity index (χ4v) is 2.37. The van der Waals surface area contributed by atoms with E-state index in [0.717, 1.165) is 51.5 Å². The minimum Gasteiger partial charge on any atom is -0.388 e. The molecule has 0 aromatic heterocycles. The van der Waals surface area contributed by atoms with Gasteiger partial charge in [0, 0.05) is 32.7 Å². The van der Waals surface area contributed by atoms with E-state index in [1.54, 1.807) is 0 Å². The van der Waals surface area contributed by atoms with E-state index in [-0.39, 0.29) is 0 Å². The molecular weight excluding hydrogens is 254 g/mol. The molecule has 1 saturated heterocycles. The Hall–Kier alpha value is -0.810. The first-order chi connectivity index (χ1) is 9.54. The number of hydrogen-bond acceptors (Lipinski definition) is 3. The van der Waals surface area contributed by atoms with Crippen molar-refractivity contribution in [1.29, 1.82) is 0 Å².